The summed E-state index contributed by atoms with van der Waals surface area (Å²) in [6.07, 6.45) is 0.862. The van der Waals surface area contributed by atoms with Gasteiger partial charge in [0, 0.05) is 31.8 Å². The zero-order valence-electron chi connectivity index (χ0n) is 9.66. The Morgan fingerprint density at radius 1 is 1.39 bits per heavy atom. The van der Waals surface area contributed by atoms with E-state index in [2.05, 4.69) is 5.32 Å². The molecule has 1 aromatic rings. The molecule has 0 saturated carbocycles. The van der Waals surface area contributed by atoms with Crippen LogP contribution in [0.15, 0.2) is 12.1 Å². The number of nitro groups is 1. The number of halogens is 2. The van der Waals surface area contributed by atoms with Gasteiger partial charge in [-0.1, -0.05) is 11.6 Å². The molecule has 0 atom stereocenters. The van der Waals surface area contributed by atoms with Gasteiger partial charge in [0.25, 0.3) is 5.69 Å². The summed E-state index contributed by atoms with van der Waals surface area (Å²) in [5.41, 5.74) is 0.147. The van der Waals surface area contributed by atoms with Crippen LogP contribution in [-0.4, -0.2) is 31.1 Å². The second-order valence-corrected chi connectivity index (χ2v) is 4.51. The van der Waals surface area contributed by atoms with Crippen molar-refractivity contribution in [1.29, 1.82) is 0 Å². The maximum atomic E-state index is 13.5. The summed E-state index contributed by atoms with van der Waals surface area (Å²) in [5, 5.41) is 14.0. The van der Waals surface area contributed by atoms with Crippen molar-refractivity contribution in [3.8, 4) is 0 Å². The van der Waals surface area contributed by atoms with Crippen LogP contribution in [0.5, 0.6) is 0 Å². The second-order valence-electron chi connectivity index (χ2n) is 4.10. The third-order valence-corrected chi connectivity index (χ3v) is 3.18. The van der Waals surface area contributed by atoms with Crippen molar-refractivity contribution in [2.24, 2.45) is 0 Å². The first-order valence-corrected chi connectivity index (χ1v) is 6.06. The van der Waals surface area contributed by atoms with Crippen LogP contribution in [0, 0.1) is 15.9 Å². The smallest absolute Gasteiger partial charge is 0.294 e. The first-order chi connectivity index (χ1) is 8.59. The number of nitro benzene ring substituents is 1. The third-order valence-electron chi connectivity index (χ3n) is 2.89. The highest BCUT2D eigenvalue weighted by Gasteiger charge is 2.23. The van der Waals surface area contributed by atoms with Crippen LogP contribution in [0.2, 0.25) is 5.02 Å². The molecule has 2 rings (SSSR count). The van der Waals surface area contributed by atoms with E-state index in [0.717, 1.165) is 31.6 Å². The van der Waals surface area contributed by atoms with E-state index in [4.69, 9.17) is 11.6 Å². The van der Waals surface area contributed by atoms with E-state index in [1.165, 1.54) is 0 Å². The Bertz CT molecular complexity index is 462. The predicted molar refractivity (Wildman–Crippen MR) is 67.8 cm³/mol. The van der Waals surface area contributed by atoms with Gasteiger partial charge in [0.05, 0.1) is 9.95 Å². The quantitative estimate of drug-likeness (QED) is 0.663. The molecule has 1 aromatic carbocycles. The summed E-state index contributed by atoms with van der Waals surface area (Å²) in [5.74, 6) is -0.630. The fourth-order valence-electron chi connectivity index (χ4n) is 2.01. The summed E-state index contributed by atoms with van der Waals surface area (Å²) in [4.78, 5) is 12.3. The highest BCUT2D eigenvalue weighted by molar-refractivity contribution is 6.31. The molecule has 1 saturated heterocycles. The highest BCUT2D eigenvalue weighted by Crippen LogP contribution is 2.33. The van der Waals surface area contributed by atoms with E-state index in [1.807, 2.05) is 4.90 Å². The standard InChI is InChI=1S/C11H13ClFN3O2/c12-8-6-11(16(17)18)10(7-9(8)13)15-4-1-2-14-3-5-15/h6-7,14H,1-5H2. The van der Waals surface area contributed by atoms with Crippen molar-refractivity contribution in [2.45, 2.75) is 6.42 Å². The summed E-state index contributed by atoms with van der Waals surface area (Å²) in [6.45, 7) is 2.86. The van der Waals surface area contributed by atoms with Crippen LogP contribution in [-0.2, 0) is 0 Å². The number of hydrogen-bond acceptors (Lipinski definition) is 4. The van der Waals surface area contributed by atoms with Crippen molar-refractivity contribution in [3.63, 3.8) is 0 Å². The lowest BCUT2D eigenvalue weighted by atomic mass is 10.2. The molecule has 1 aliphatic heterocycles. The molecule has 0 spiro atoms. The van der Waals surface area contributed by atoms with Gasteiger partial charge in [0.1, 0.15) is 11.5 Å². The van der Waals surface area contributed by atoms with Crippen molar-refractivity contribution in [1.82, 2.24) is 5.32 Å². The van der Waals surface area contributed by atoms with E-state index in [9.17, 15) is 14.5 Å². The van der Waals surface area contributed by atoms with Crippen LogP contribution in [0.3, 0.4) is 0 Å². The predicted octanol–water partition coefficient (Wildman–Crippen LogP) is 2.19. The zero-order valence-corrected chi connectivity index (χ0v) is 10.4. The average molecular weight is 274 g/mol. The Balaban J connectivity index is 2.40. The van der Waals surface area contributed by atoms with E-state index in [1.54, 1.807) is 0 Å². The monoisotopic (exact) mass is 273 g/mol. The summed E-state index contributed by atoms with van der Waals surface area (Å²) in [7, 11) is 0. The summed E-state index contributed by atoms with van der Waals surface area (Å²) < 4.78 is 13.5. The molecule has 0 amide bonds. The van der Waals surface area contributed by atoms with Gasteiger partial charge < -0.3 is 10.2 Å². The summed E-state index contributed by atoms with van der Waals surface area (Å²) >= 11 is 5.59. The first kappa shape index (κ1) is 13.0. The fraction of sp³-hybridized carbons (Fsp3) is 0.455. The van der Waals surface area contributed by atoms with Gasteiger partial charge in [0.15, 0.2) is 0 Å². The molecule has 0 bridgehead atoms. The largest absolute Gasteiger partial charge is 0.365 e. The average Bonchev–Trinajstić information content (AvgIpc) is 2.60. The molecular formula is C11H13ClFN3O2. The Morgan fingerprint density at radius 3 is 2.89 bits per heavy atom. The van der Waals surface area contributed by atoms with Gasteiger partial charge in [-0.15, -0.1) is 0 Å². The molecular weight excluding hydrogens is 261 g/mol. The molecule has 0 aliphatic carbocycles. The second kappa shape index (κ2) is 5.49. The van der Waals surface area contributed by atoms with E-state index >= 15 is 0 Å². The van der Waals surface area contributed by atoms with Crippen LogP contribution < -0.4 is 10.2 Å². The Hall–Kier alpha value is -1.40. The highest BCUT2D eigenvalue weighted by atomic mass is 35.5. The van der Waals surface area contributed by atoms with Crippen molar-refractivity contribution >= 4 is 23.0 Å². The fourth-order valence-corrected chi connectivity index (χ4v) is 2.17. The lowest BCUT2D eigenvalue weighted by Gasteiger charge is -2.22. The van der Waals surface area contributed by atoms with E-state index in [0.29, 0.717) is 18.8 Å². The minimum absolute atomic E-state index is 0.150. The number of hydrogen-bond donors (Lipinski definition) is 1. The van der Waals surface area contributed by atoms with E-state index < -0.39 is 10.7 Å². The molecule has 7 heteroatoms. The number of anilines is 1. The van der Waals surface area contributed by atoms with Gasteiger partial charge in [-0.25, -0.2) is 4.39 Å². The minimum atomic E-state index is -0.630. The van der Waals surface area contributed by atoms with Gasteiger partial charge in [-0.3, -0.25) is 10.1 Å². The third kappa shape index (κ3) is 2.70. The van der Waals surface area contributed by atoms with Gasteiger partial charge >= 0.3 is 0 Å². The Labute approximate surface area is 109 Å². The molecule has 5 nitrogen and oxygen atoms in total. The zero-order chi connectivity index (χ0) is 13.1. The maximum Gasteiger partial charge on any atom is 0.294 e. The first-order valence-electron chi connectivity index (χ1n) is 5.68. The van der Waals surface area contributed by atoms with Crippen molar-refractivity contribution in [3.05, 3.63) is 33.1 Å². The number of benzene rings is 1. The Morgan fingerprint density at radius 2 is 2.17 bits per heavy atom. The molecule has 0 radical (unpaired) electrons. The molecule has 18 heavy (non-hydrogen) atoms. The molecule has 0 aromatic heterocycles. The molecule has 1 aliphatic rings. The molecule has 1 fully saturated rings. The van der Waals surface area contributed by atoms with Crippen LogP contribution in [0.25, 0.3) is 0 Å². The minimum Gasteiger partial charge on any atom is -0.365 e. The molecule has 98 valence electrons. The molecule has 0 unspecified atom stereocenters. The van der Waals surface area contributed by atoms with Gasteiger partial charge in [-0.2, -0.15) is 0 Å². The van der Waals surface area contributed by atoms with Gasteiger partial charge in [0.2, 0.25) is 0 Å². The van der Waals surface area contributed by atoms with E-state index in [-0.39, 0.29) is 10.7 Å². The van der Waals surface area contributed by atoms with Crippen LogP contribution >= 0.6 is 11.6 Å². The van der Waals surface area contributed by atoms with Crippen LogP contribution in [0.4, 0.5) is 15.8 Å². The number of rotatable bonds is 2. The number of nitrogens with zero attached hydrogens (tertiary/aromatic N) is 2. The molecule has 1 N–H and O–H groups in total. The SMILES string of the molecule is O=[N+]([O-])c1cc(Cl)c(F)cc1N1CCCNCC1. The Kier molecular flexibility index (Phi) is 3.98. The molecule has 1 heterocycles. The van der Waals surface area contributed by atoms with Crippen LogP contribution in [0.1, 0.15) is 6.42 Å². The normalized spacial score (nSPS) is 16.4. The maximum absolute atomic E-state index is 13.5. The lowest BCUT2D eigenvalue weighted by Crippen LogP contribution is -2.28. The summed E-state index contributed by atoms with van der Waals surface area (Å²) in [6, 6.07) is 2.22. The topological polar surface area (TPSA) is 58.4 Å². The van der Waals surface area contributed by atoms with Crippen molar-refractivity contribution < 1.29 is 9.31 Å². The van der Waals surface area contributed by atoms with Gasteiger partial charge in [-0.05, 0) is 13.0 Å². The number of nitrogens with one attached hydrogen (secondary N) is 1. The van der Waals surface area contributed by atoms with Crippen molar-refractivity contribution in [2.75, 3.05) is 31.1 Å². The lowest BCUT2D eigenvalue weighted by molar-refractivity contribution is -0.384.